The Morgan fingerprint density at radius 2 is 1.18 bits per heavy atom. The van der Waals surface area contributed by atoms with Crippen LogP contribution in [0.4, 0.5) is 0 Å². The summed E-state index contributed by atoms with van der Waals surface area (Å²) in [6, 6.07) is 0. The van der Waals surface area contributed by atoms with Crippen molar-refractivity contribution in [2.24, 2.45) is 0 Å². The quantitative estimate of drug-likeness (QED) is 0.127. The zero-order chi connectivity index (χ0) is 20.2. The minimum atomic E-state index is -0.228. The second kappa shape index (κ2) is 21.4. The van der Waals surface area contributed by atoms with Gasteiger partial charge >= 0.3 is 5.97 Å². The third kappa shape index (κ3) is 21.9. The summed E-state index contributed by atoms with van der Waals surface area (Å²) in [7, 11) is 4.46. The molecule has 0 aromatic heterocycles. The number of ether oxygens (including phenoxy) is 1. The van der Waals surface area contributed by atoms with E-state index < -0.39 is 0 Å². The number of halogens is 1. The number of esters is 1. The van der Waals surface area contributed by atoms with Crippen LogP contribution < -0.4 is 17.0 Å². The standard InChI is InChI=1S/C24H48NO2.BrH/c1-5-7-8-9-10-11-12-13-14-15-16-17-18-19-21-25(3,4)22-23-27-24(26)20-6-2;/h6,20H,5,7-19,21-23H2,1-4H3;1H/q+1;/p-1. The van der Waals surface area contributed by atoms with Crippen LogP contribution in [0.15, 0.2) is 12.2 Å². The lowest BCUT2D eigenvalue weighted by atomic mass is 10.0. The van der Waals surface area contributed by atoms with Crippen LogP contribution in [-0.2, 0) is 9.53 Å². The van der Waals surface area contributed by atoms with E-state index in [4.69, 9.17) is 4.74 Å². The summed E-state index contributed by atoms with van der Waals surface area (Å²) in [6.45, 7) is 6.68. The van der Waals surface area contributed by atoms with Crippen LogP contribution in [0, 0.1) is 0 Å². The molecule has 0 aromatic carbocycles. The SMILES string of the molecule is CC=CC(=O)OCC[N+](C)(C)CCCCCCCCCCCCCCCC.[Br-]. The summed E-state index contributed by atoms with van der Waals surface area (Å²) in [5.74, 6) is -0.228. The van der Waals surface area contributed by atoms with Gasteiger partial charge in [0.25, 0.3) is 0 Å². The number of carbonyl (C=O) groups is 1. The van der Waals surface area contributed by atoms with Gasteiger partial charge in [-0.05, 0) is 19.8 Å². The Bertz CT molecular complexity index is 370. The second-order valence-corrected chi connectivity index (χ2v) is 8.65. The highest BCUT2D eigenvalue weighted by molar-refractivity contribution is 5.81. The van der Waals surface area contributed by atoms with Crippen molar-refractivity contribution in [3.63, 3.8) is 0 Å². The molecule has 0 spiro atoms. The van der Waals surface area contributed by atoms with Gasteiger partial charge in [-0.15, -0.1) is 0 Å². The van der Waals surface area contributed by atoms with Crippen molar-refractivity contribution in [1.29, 1.82) is 0 Å². The molecule has 0 atom stereocenters. The molecule has 0 rings (SSSR count). The molecule has 0 amide bonds. The first kappa shape index (κ1) is 29.8. The lowest BCUT2D eigenvalue weighted by molar-refractivity contribution is -0.890. The highest BCUT2D eigenvalue weighted by Gasteiger charge is 2.14. The van der Waals surface area contributed by atoms with E-state index in [0.717, 1.165) is 11.0 Å². The summed E-state index contributed by atoms with van der Waals surface area (Å²) >= 11 is 0. The van der Waals surface area contributed by atoms with Crippen molar-refractivity contribution < 1.29 is 31.0 Å². The predicted molar refractivity (Wildman–Crippen MR) is 118 cm³/mol. The molecule has 3 nitrogen and oxygen atoms in total. The summed E-state index contributed by atoms with van der Waals surface area (Å²) in [5.41, 5.74) is 0. The molecule has 0 fully saturated rings. The number of hydrogen-bond donors (Lipinski definition) is 0. The van der Waals surface area contributed by atoms with Crippen molar-refractivity contribution >= 4 is 5.97 Å². The Balaban J connectivity index is 0. The molecule has 0 N–H and O–H groups in total. The van der Waals surface area contributed by atoms with Crippen molar-refractivity contribution in [1.82, 2.24) is 0 Å². The fraction of sp³-hybridized carbons (Fsp3) is 0.875. The maximum absolute atomic E-state index is 11.3. The molecule has 28 heavy (non-hydrogen) atoms. The van der Waals surface area contributed by atoms with Gasteiger partial charge in [-0.25, -0.2) is 4.79 Å². The second-order valence-electron chi connectivity index (χ2n) is 8.65. The van der Waals surface area contributed by atoms with E-state index in [1.54, 1.807) is 6.08 Å². The number of likely N-dealkylation sites (N-methyl/N-ethyl adjacent to an activating group) is 1. The highest BCUT2D eigenvalue weighted by Crippen LogP contribution is 2.13. The zero-order valence-electron chi connectivity index (χ0n) is 19.3. The number of unbranched alkanes of at least 4 members (excludes halogenated alkanes) is 13. The minimum Gasteiger partial charge on any atom is -1.00 e. The molecule has 0 saturated heterocycles. The molecular weight excluding hydrogens is 414 g/mol. The molecule has 0 unspecified atom stereocenters. The van der Waals surface area contributed by atoms with E-state index in [2.05, 4.69) is 21.0 Å². The van der Waals surface area contributed by atoms with E-state index in [0.29, 0.717) is 6.61 Å². The maximum Gasteiger partial charge on any atom is 0.330 e. The topological polar surface area (TPSA) is 26.3 Å². The van der Waals surface area contributed by atoms with Crippen LogP contribution in [0.2, 0.25) is 0 Å². The molecule has 0 saturated carbocycles. The number of rotatable bonds is 19. The third-order valence-electron chi connectivity index (χ3n) is 5.36. The predicted octanol–water partition coefficient (Wildman–Crippen LogP) is 3.67. The Morgan fingerprint density at radius 3 is 1.61 bits per heavy atom. The number of allylic oxidation sites excluding steroid dienone is 1. The normalized spacial score (nSPS) is 11.6. The summed E-state index contributed by atoms with van der Waals surface area (Å²) in [4.78, 5) is 11.3. The average Bonchev–Trinajstić information content (AvgIpc) is 2.62. The molecule has 0 bridgehead atoms. The van der Waals surface area contributed by atoms with Gasteiger partial charge in [0.1, 0.15) is 13.2 Å². The Labute approximate surface area is 186 Å². The first-order chi connectivity index (χ1) is 13.0. The fourth-order valence-corrected chi connectivity index (χ4v) is 3.42. The van der Waals surface area contributed by atoms with E-state index in [1.165, 1.54) is 103 Å². The monoisotopic (exact) mass is 461 g/mol. The van der Waals surface area contributed by atoms with Crippen LogP contribution in [0.25, 0.3) is 0 Å². The molecule has 4 heteroatoms. The van der Waals surface area contributed by atoms with E-state index >= 15 is 0 Å². The van der Waals surface area contributed by atoms with E-state index in [-0.39, 0.29) is 23.0 Å². The molecule has 0 radical (unpaired) electrons. The lowest BCUT2D eigenvalue weighted by Gasteiger charge is -2.29. The van der Waals surface area contributed by atoms with Gasteiger partial charge in [0, 0.05) is 6.08 Å². The molecule has 0 aromatic rings. The molecule has 0 aliphatic rings. The largest absolute Gasteiger partial charge is 1.00 e. The lowest BCUT2D eigenvalue weighted by Crippen LogP contribution is -3.00. The van der Waals surface area contributed by atoms with E-state index in [1.807, 2.05) is 6.92 Å². The third-order valence-corrected chi connectivity index (χ3v) is 5.36. The van der Waals surface area contributed by atoms with Gasteiger partial charge in [0.15, 0.2) is 0 Å². The van der Waals surface area contributed by atoms with Crippen LogP contribution in [0.3, 0.4) is 0 Å². The average molecular weight is 463 g/mol. The van der Waals surface area contributed by atoms with E-state index in [9.17, 15) is 4.79 Å². The van der Waals surface area contributed by atoms with Crippen LogP contribution in [0.1, 0.15) is 104 Å². The number of hydrogen-bond acceptors (Lipinski definition) is 2. The number of quaternary nitrogens is 1. The zero-order valence-corrected chi connectivity index (χ0v) is 20.9. The van der Waals surface area contributed by atoms with Crippen molar-refractivity contribution in [2.45, 2.75) is 104 Å². The Hall–Kier alpha value is -0.350. The molecule has 0 aliphatic carbocycles. The van der Waals surface area contributed by atoms with Gasteiger partial charge in [-0.2, -0.15) is 0 Å². The maximum atomic E-state index is 11.3. The van der Waals surface area contributed by atoms with Gasteiger partial charge in [0.05, 0.1) is 20.6 Å². The molecule has 0 aliphatic heterocycles. The molecule has 0 heterocycles. The first-order valence-corrected chi connectivity index (χ1v) is 11.6. The molecule has 168 valence electrons. The summed E-state index contributed by atoms with van der Waals surface area (Å²) in [6.07, 6.45) is 22.8. The van der Waals surface area contributed by atoms with Gasteiger partial charge in [-0.3, -0.25) is 0 Å². The van der Waals surface area contributed by atoms with Crippen LogP contribution in [0.5, 0.6) is 0 Å². The molecular formula is C24H48BrNO2. The van der Waals surface area contributed by atoms with Crippen molar-refractivity contribution in [3.8, 4) is 0 Å². The fourth-order valence-electron chi connectivity index (χ4n) is 3.42. The highest BCUT2D eigenvalue weighted by atomic mass is 79.9. The smallest absolute Gasteiger partial charge is 0.330 e. The van der Waals surface area contributed by atoms with Crippen LogP contribution in [-0.4, -0.2) is 44.2 Å². The van der Waals surface area contributed by atoms with Crippen LogP contribution >= 0.6 is 0 Å². The van der Waals surface area contributed by atoms with Gasteiger partial charge in [-0.1, -0.05) is 90.0 Å². The first-order valence-electron chi connectivity index (χ1n) is 11.6. The number of carbonyl (C=O) groups excluding carboxylic acids is 1. The van der Waals surface area contributed by atoms with Crippen molar-refractivity contribution in [2.75, 3.05) is 33.8 Å². The minimum absolute atomic E-state index is 0. The van der Waals surface area contributed by atoms with Gasteiger partial charge in [0.2, 0.25) is 0 Å². The Kier molecular flexibility index (Phi) is 22.8. The summed E-state index contributed by atoms with van der Waals surface area (Å²) in [5, 5.41) is 0. The Morgan fingerprint density at radius 1 is 0.750 bits per heavy atom. The van der Waals surface area contributed by atoms with Crippen molar-refractivity contribution in [3.05, 3.63) is 12.2 Å². The van der Waals surface area contributed by atoms with Gasteiger partial charge < -0.3 is 26.2 Å². The number of nitrogens with zero attached hydrogens (tertiary/aromatic N) is 1. The summed E-state index contributed by atoms with van der Waals surface area (Å²) < 4.78 is 6.13.